The maximum Gasteiger partial charge on any atom is 0.356 e. The Morgan fingerprint density at radius 3 is 2.51 bits per heavy atom. The number of piperazine rings is 1. The number of esters is 1. The third kappa shape index (κ3) is 7.04. The first kappa shape index (κ1) is 31.5. The van der Waals surface area contributed by atoms with Crippen molar-refractivity contribution in [2.75, 3.05) is 48.5 Å². The van der Waals surface area contributed by atoms with Crippen molar-refractivity contribution in [1.82, 2.24) is 9.88 Å². The van der Waals surface area contributed by atoms with Gasteiger partial charge in [-0.15, -0.1) is 11.3 Å². The summed E-state index contributed by atoms with van der Waals surface area (Å²) in [6.07, 6.45) is 0.861. The van der Waals surface area contributed by atoms with E-state index < -0.39 is 5.97 Å². The van der Waals surface area contributed by atoms with Gasteiger partial charge < -0.3 is 23.8 Å². The molecule has 1 fully saturated rings. The molecule has 1 aliphatic rings. The Morgan fingerprint density at radius 2 is 1.78 bits per heavy atom. The molecule has 0 spiro atoms. The van der Waals surface area contributed by atoms with E-state index in [0.717, 1.165) is 62.6 Å². The average Bonchev–Trinajstić information content (AvgIpc) is 3.65. The molecule has 0 atom stereocenters. The molecule has 0 radical (unpaired) electrons. The summed E-state index contributed by atoms with van der Waals surface area (Å²) in [5, 5.41) is 3.08. The molecule has 1 N–H and O–H groups in total. The van der Waals surface area contributed by atoms with Crippen molar-refractivity contribution in [2.45, 2.75) is 18.2 Å². The van der Waals surface area contributed by atoms with Gasteiger partial charge in [0.1, 0.15) is 10.6 Å². The number of aromatic amines is 1. The molecule has 0 saturated carbocycles. The van der Waals surface area contributed by atoms with E-state index in [-0.39, 0.29) is 18.2 Å². The summed E-state index contributed by atoms with van der Waals surface area (Å²) in [5.74, 6) is -0.383. The van der Waals surface area contributed by atoms with Gasteiger partial charge in [-0.2, -0.15) is 0 Å². The Morgan fingerprint density at radius 1 is 1.02 bits per heavy atom. The Balaban J connectivity index is 1.26. The zero-order valence-electron chi connectivity index (χ0n) is 24.7. The van der Waals surface area contributed by atoms with Gasteiger partial charge in [-0.1, -0.05) is 54.1 Å². The molecule has 3 aromatic carbocycles. The van der Waals surface area contributed by atoms with Crippen LogP contribution in [0.3, 0.4) is 0 Å². The number of halogens is 2. The minimum absolute atomic E-state index is 0.0785. The molecule has 0 unspecified atom stereocenters. The maximum absolute atomic E-state index is 13.2. The molecule has 7 nitrogen and oxygen atoms in total. The number of para-hydroxylation sites is 2. The number of carbonyl (C=O) groups is 2. The summed E-state index contributed by atoms with van der Waals surface area (Å²) in [6, 6.07) is 26.9. The fourth-order valence-electron chi connectivity index (χ4n) is 5.44. The molecule has 2 aromatic heterocycles. The second kappa shape index (κ2) is 14.3. The molecule has 0 aliphatic carbocycles. The van der Waals surface area contributed by atoms with E-state index in [9.17, 15) is 9.59 Å². The van der Waals surface area contributed by atoms with Gasteiger partial charge in [-0.3, -0.25) is 4.79 Å². The van der Waals surface area contributed by atoms with Crippen molar-refractivity contribution in [2.24, 2.45) is 0 Å². The molecule has 1 amide bonds. The molecule has 1 aliphatic heterocycles. The van der Waals surface area contributed by atoms with Gasteiger partial charge in [0.15, 0.2) is 0 Å². The number of hydrogen-bond acceptors (Lipinski definition) is 7. The first-order chi connectivity index (χ1) is 21.9. The van der Waals surface area contributed by atoms with E-state index in [1.165, 1.54) is 16.9 Å². The van der Waals surface area contributed by atoms with Gasteiger partial charge in [0.25, 0.3) is 5.91 Å². The van der Waals surface area contributed by atoms with E-state index in [0.29, 0.717) is 18.1 Å². The quantitative estimate of drug-likeness (QED) is 0.115. The standard InChI is InChI=1S/C34H32BrClN4O3S2/c1-2-43-34(42)31-30(36)25-22-24(12-13-27(25)37-31)45-40(16-14-23-8-4-3-5-9-23)29-11-7-6-10-28(29)38-17-19-39(20-18-38)33(41)32-26(35)15-21-44-32/h3-13,15,21-22,37H,2,14,16-20H2,1H3. The number of thiophene rings is 1. The second-order valence-corrected chi connectivity index (χ2v) is 13.8. The van der Waals surface area contributed by atoms with E-state index in [1.54, 1.807) is 18.9 Å². The van der Waals surface area contributed by atoms with Crippen LogP contribution in [0.5, 0.6) is 0 Å². The SMILES string of the molecule is CCOC(=O)c1[nH]c2ccc(SN(CCc3ccccc3)c3ccccc3N3CCN(C(=O)c4sccc4Br)CC3)cc2c1Cl. The number of anilines is 2. The lowest BCUT2D eigenvalue weighted by atomic mass is 10.1. The van der Waals surface area contributed by atoms with Crippen LogP contribution in [0.4, 0.5) is 11.4 Å². The zero-order chi connectivity index (χ0) is 31.3. The second-order valence-electron chi connectivity index (χ2n) is 10.5. The number of H-pyrrole nitrogens is 1. The largest absolute Gasteiger partial charge is 0.461 e. The number of rotatable bonds is 10. The van der Waals surface area contributed by atoms with Crippen LogP contribution in [-0.2, 0) is 11.2 Å². The molecule has 45 heavy (non-hydrogen) atoms. The van der Waals surface area contributed by atoms with E-state index >= 15 is 0 Å². The number of ether oxygens (including phenoxy) is 1. The Hall–Kier alpha value is -3.44. The highest BCUT2D eigenvalue weighted by Gasteiger charge is 2.27. The van der Waals surface area contributed by atoms with Gasteiger partial charge in [0, 0.05) is 53.0 Å². The Kier molecular flexibility index (Phi) is 10.0. The van der Waals surface area contributed by atoms with Crippen molar-refractivity contribution >= 4 is 85.0 Å². The molecular weight excluding hydrogens is 692 g/mol. The zero-order valence-corrected chi connectivity index (χ0v) is 28.6. The summed E-state index contributed by atoms with van der Waals surface area (Å²) in [6.45, 7) is 5.60. The highest BCUT2D eigenvalue weighted by molar-refractivity contribution is 9.10. The fourth-order valence-corrected chi connectivity index (χ4v) is 8.22. The predicted octanol–water partition coefficient (Wildman–Crippen LogP) is 8.54. The lowest BCUT2D eigenvalue weighted by Crippen LogP contribution is -2.49. The highest BCUT2D eigenvalue weighted by atomic mass is 79.9. The van der Waals surface area contributed by atoms with Crippen LogP contribution >= 0.6 is 50.8 Å². The van der Waals surface area contributed by atoms with Gasteiger partial charge >= 0.3 is 5.97 Å². The van der Waals surface area contributed by atoms with Crippen molar-refractivity contribution in [3.63, 3.8) is 0 Å². The number of nitrogens with zero attached hydrogens (tertiary/aromatic N) is 3. The smallest absolute Gasteiger partial charge is 0.356 e. The molecule has 232 valence electrons. The van der Waals surface area contributed by atoms with Gasteiger partial charge in [0.2, 0.25) is 0 Å². The first-order valence-electron chi connectivity index (χ1n) is 14.8. The maximum atomic E-state index is 13.2. The summed E-state index contributed by atoms with van der Waals surface area (Å²) in [5.41, 5.74) is 4.55. The number of benzene rings is 3. The molecule has 3 heterocycles. The van der Waals surface area contributed by atoms with Crippen LogP contribution < -0.4 is 9.21 Å². The van der Waals surface area contributed by atoms with Crippen LogP contribution in [0.15, 0.2) is 93.6 Å². The van der Waals surface area contributed by atoms with Crippen LogP contribution in [-0.4, -0.2) is 61.1 Å². The Labute approximate surface area is 284 Å². The number of carbonyl (C=O) groups excluding carboxylic acids is 2. The van der Waals surface area contributed by atoms with Crippen LogP contribution in [0.2, 0.25) is 5.02 Å². The Bertz CT molecular complexity index is 1800. The van der Waals surface area contributed by atoms with Crippen LogP contribution in [0.25, 0.3) is 10.9 Å². The fraction of sp³-hybridized carbons (Fsp3) is 0.235. The summed E-state index contributed by atoms with van der Waals surface area (Å²) in [4.78, 5) is 34.8. The van der Waals surface area contributed by atoms with Gasteiger partial charge in [-0.25, -0.2) is 4.79 Å². The summed E-state index contributed by atoms with van der Waals surface area (Å²) < 4.78 is 8.37. The van der Waals surface area contributed by atoms with Crippen molar-refractivity contribution < 1.29 is 14.3 Å². The number of hydrogen-bond donors (Lipinski definition) is 1. The van der Waals surface area contributed by atoms with Crippen molar-refractivity contribution in [1.29, 1.82) is 0 Å². The first-order valence-corrected chi connectivity index (χ1v) is 17.6. The number of aromatic nitrogens is 1. The molecule has 0 bridgehead atoms. The third-order valence-corrected chi connectivity index (χ3v) is 11.0. The van der Waals surface area contributed by atoms with Gasteiger partial charge in [-0.05, 0) is 88.6 Å². The summed E-state index contributed by atoms with van der Waals surface area (Å²) >= 11 is 13.3. The molecular formula is C34H32BrClN4O3S2. The van der Waals surface area contributed by atoms with Crippen LogP contribution in [0, 0.1) is 0 Å². The molecule has 6 rings (SSSR count). The number of fused-ring (bicyclic) bond motifs is 1. The predicted molar refractivity (Wildman–Crippen MR) is 189 cm³/mol. The number of amides is 1. The lowest BCUT2D eigenvalue weighted by Gasteiger charge is -2.38. The normalized spacial score (nSPS) is 13.3. The third-order valence-electron chi connectivity index (χ3n) is 7.72. The van der Waals surface area contributed by atoms with Crippen molar-refractivity contribution in [3.05, 3.63) is 110 Å². The molecule has 5 aromatic rings. The number of nitrogens with one attached hydrogen (secondary N) is 1. The topological polar surface area (TPSA) is 68.9 Å². The molecule has 11 heteroatoms. The highest BCUT2D eigenvalue weighted by Crippen LogP contribution is 2.39. The monoisotopic (exact) mass is 722 g/mol. The molecule has 1 saturated heterocycles. The van der Waals surface area contributed by atoms with Crippen LogP contribution in [0.1, 0.15) is 32.6 Å². The average molecular weight is 724 g/mol. The minimum Gasteiger partial charge on any atom is -0.461 e. The lowest BCUT2D eigenvalue weighted by molar-refractivity contribution is 0.0520. The van der Waals surface area contributed by atoms with E-state index in [4.69, 9.17) is 16.3 Å². The van der Waals surface area contributed by atoms with Crippen molar-refractivity contribution in [3.8, 4) is 0 Å². The minimum atomic E-state index is -0.462. The van der Waals surface area contributed by atoms with E-state index in [2.05, 4.69) is 78.6 Å². The van der Waals surface area contributed by atoms with Gasteiger partial charge in [0.05, 0.1) is 23.0 Å². The van der Waals surface area contributed by atoms with E-state index in [1.807, 2.05) is 40.6 Å². The summed E-state index contributed by atoms with van der Waals surface area (Å²) in [7, 11) is 0.